The summed E-state index contributed by atoms with van der Waals surface area (Å²) in [4.78, 5) is 11.3. The summed E-state index contributed by atoms with van der Waals surface area (Å²) in [6, 6.07) is 0. The molecule has 0 radical (unpaired) electrons. The Labute approximate surface area is 66.4 Å². The second-order valence-electron chi connectivity index (χ2n) is 3.10. The van der Waals surface area contributed by atoms with Crippen molar-refractivity contribution in [2.24, 2.45) is 5.41 Å². The zero-order chi connectivity index (χ0) is 8.32. The molecule has 1 rings (SSSR count). The molecule has 0 aromatic carbocycles. The smallest absolute Gasteiger partial charge is 0.145 e. The number of ether oxygens (including phenoxy) is 1. The van der Waals surface area contributed by atoms with Gasteiger partial charge in [-0.3, -0.25) is 4.79 Å². The van der Waals surface area contributed by atoms with E-state index in [2.05, 4.69) is 0 Å². The lowest BCUT2D eigenvalue weighted by Gasteiger charge is -2.38. The molecule has 0 aliphatic carbocycles. The molecule has 0 spiro atoms. The summed E-state index contributed by atoms with van der Waals surface area (Å²) in [5.41, 5.74) is -0.532. The number of rotatable bonds is 4. The van der Waals surface area contributed by atoms with Crippen LogP contribution in [0.4, 0.5) is 0 Å². The molecular weight excluding hydrogens is 144 g/mol. The molecule has 1 heterocycles. The molecule has 0 atom stereocenters. The minimum atomic E-state index is -0.532. The maximum Gasteiger partial charge on any atom is 0.145 e. The minimum absolute atomic E-state index is 0.0637. The van der Waals surface area contributed by atoms with E-state index in [0.29, 0.717) is 19.6 Å². The summed E-state index contributed by atoms with van der Waals surface area (Å²) in [5.74, 6) is 0.147. The van der Waals surface area contributed by atoms with Crippen molar-refractivity contribution in [2.75, 3.05) is 19.8 Å². The van der Waals surface area contributed by atoms with Crippen LogP contribution < -0.4 is 0 Å². The van der Waals surface area contributed by atoms with E-state index in [1.807, 2.05) is 6.92 Å². The maximum atomic E-state index is 11.3. The Morgan fingerprint density at radius 3 is 2.55 bits per heavy atom. The first kappa shape index (κ1) is 8.68. The van der Waals surface area contributed by atoms with E-state index < -0.39 is 5.41 Å². The molecule has 1 N–H and O–H groups in total. The molecule has 0 bridgehead atoms. The Bertz CT molecular complexity index is 144. The lowest BCUT2D eigenvalue weighted by Crippen LogP contribution is -2.51. The minimum Gasteiger partial charge on any atom is -0.395 e. The first-order valence-corrected chi connectivity index (χ1v) is 3.97. The Morgan fingerprint density at radius 1 is 1.64 bits per heavy atom. The number of carbonyl (C=O) groups is 1. The summed E-state index contributed by atoms with van der Waals surface area (Å²) in [6.45, 7) is 2.71. The SMILES string of the molecule is CCCC(=O)C1(CO)COC1. The average molecular weight is 158 g/mol. The van der Waals surface area contributed by atoms with Crippen molar-refractivity contribution in [2.45, 2.75) is 19.8 Å². The van der Waals surface area contributed by atoms with Gasteiger partial charge < -0.3 is 9.84 Å². The summed E-state index contributed by atoms with van der Waals surface area (Å²) >= 11 is 0. The van der Waals surface area contributed by atoms with E-state index in [4.69, 9.17) is 9.84 Å². The third-order valence-electron chi connectivity index (χ3n) is 2.13. The van der Waals surface area contributed by atoms with Crippen LogP contribution in [-0.2, 0) is 9.53 Å². The lowest BCUT2D eigenvalue weighted by molar-refractivity contribution is -0.167. The molecule has 0 amide bonds. The fourth-order valence-electron chi connectivity index (χ4n) is 1.18. The Balaban J connectivity index is 2.47. The summed E-state index contributed by atoms with van der Waals surface area (Å²) in [5, 5.41) is 8.93. The van der Waals surface area contributed by atoms with Gasteiger partial charge in [-0.05, 0) is 6.42 Å². The van der Waals surface area contributed by atoms with Gasteiger partial charge in [-0.1, -0.05) is 6.92 Å². The molecule has 1 saturated heterocycles. The van der Waals surface area contributed by atoms with Crippen LogP contribution in [0.3, 0.4) is 0 Å². The molecule has 11 heavy (non-hydrogen) atoms. The highest BCUT2D eigenvalue weighted by molar-refractivity contribution is 5.85. The normalized spacial score (nSPS) is 20.9. The second kappa shape index (κ2) is 3.32. The van der Waals surface area contributed by atoms with Crippen LogP contribution in [-0.4, -0.2) is 30.7 Å². The highest BCUT2D eigenvalue weighted by Gasteiger charge is 2.44. The molecule has 0 unspecified atom stereocenters. The van der Waals surface area contributed by atoms with Gasteiger partial charge >= 0.3 is 0 Å². The average Bonchev–Trinajstić information content (AvgIpc) is 1.87. The molecule has 1 aliphatic rings. The van der Waals surface area contributed by atoms with Gasteiger partial charge in [0.1, 0.15) is 5.78 Å². The van der Waals surface area contributed by atoms with Crippen molar-refractivity contribution >= 4 is 5.78 Å². The van der Waals surface area contributed by atoms with Gasteiger partial charge in [0.2, 0.25) is 0 Å². The maximum absolute atomic E-state index is 11.3. The zero-order valence-electron chi connectivity index (χ0n) is 6.80. The van der Waals surface area contributed by atoms with Gasteiger partial charge in [0.25, 0.3) is 0 Å². The van der Waals surface area contributed by atoms with Crippen LogP contribution in [0.5, 0.6) is 0 Å². The van der Waals surface area contributed by atoms with Crippen LogP contribution in [0.25, 0.3) is 0 Å². The van der Waals surface area contributed by atoms with Crippen LogP contribution in [0.15, 0.2) is 0 Å². The van der Waals surface area contributed by atoms with Crippen LogP contribution >= 0.6 is 0 Å². The van der Waals surface area contributed by atoms with Gasteiger partial charge in [0.15, 0.2) is 0 Å². The number of carbonyl (C=O) groups excluding carboxylic acids is 1. The van der Waals surface area contributed by atoms with Gasteiger partial charge in [-0.15, -0.1) is 0 Å². The predicted molar refractivity (Wildman–Crippen MR) is 40.3 cm³/mol. The third kappa shape index (κ3) is 1.44. The highest BCUT2D eigenvalue weighted by Crippen LogP contribution is 2.29. The van der Waals surface area contributed by atoms with E-state index in [-0.39, 0.29) is 12.4 Å². The quantitative estimate of drug-likeness (QED) is 0.642. The molecule has 0 aromatic rings. The van der Waals surface area contributed by atoms with Crippen LogP contribution in [0.1, 0.15) is 19.8 Å². The fourth-order valence-corrected chi connectivity index (χ4v) is 1.18. The number of ketones is 1. The predicted octanol–water partition coefficient (Wildman–Crippen LogP) is 0.364. The Hall–Kier alpha value is -0.410. The van der Waals surface area contributed by atoms with Gasteiger partial charge in [0, 0.05) is 6.42 Å². The summed E-state index contributed by atoms with van der Waals surface area (Å²) < 4.78 is 4.92. The van der Waals surface area contributed by atoms with Crippen molar-refractivity contribution < 1.29 is 14.6 Å². The number of hydrogen-bond acceptors (Lipinski definition) is 3. The van der Waals surface area contributed by atoms with Gasteiger partial charge in [-0.25, -0.2) is 0 Å². The summed E-state index contributed by atoms with van der Waals surface area (Å²) in [6.07, 6.45) is 1.41. The lowest BCUT2D eigenvalue weighted by atomic mass is 9.80. The topological polar surface area (TPSA) is 46.5 Å². The van der Waals surface area contributed by atoms with Crippen LogP contribution in [0, 0.1) is 5.41 Å². The first-order valence-electron chi connectivity index (χ1n) is 3.97. The molecule has 3 heteroatoms. The standard InChI is InChI=1S/C8H14O3/c1-2-3-7(10)8(4-9)5-11-6-8/h9H,2-6H2,1H3. The molecule has 3 nitrogen and oxygen atoms in total. The molecular formula is C8H14O3. The highest BCUT2D eigenvalue weighted by atomic mass is 16.5. The van der Waals surface area contributed by atoms with E-state index >= 15 is 0 Å². The molecule has 0 saturated carbocycles. The third-order valence-corrected chi connectivity index (χ3v) is 2.13. The van der Waals surface area contributed by atoms with Gasteiger partial charge in [0.05, 0.1) is 25.2 Å². The van der Waals surface area contributed by atoms with Crippen molar-refractivity contribution in [3.63, 3.8) is 0 Å². The van der Waals surface area contributed by atoms with E-state index in [1.54, 1.807) is 0 Å². The first-order chi connectivity index (χ1) is 5.25. The number of Topliss-reactive ketones (excluding diaryl/α,β-unsaturated/α-hetero) is 1. The number of hydrogen-bond donors (Lipinski definition) is 1. The monoisotopic (exact) mass is 158 g/mol. The zero-order valence-corrected chi connectivity index (χ0v) is 6.80. The van der Waals surface area contributed by atoms with E-state index in [1.165, 1.54) is 0 Å². The largest absolute Gasteiger partial charge is 0.395 e. The number of aliphatic hydroxyl groups is 1. The van der Waals surface area contributed by atoms with Gasteiger partial charge in [-0.2, -0.15) is 0 Å². The Morgan fingerprint density at radius 2 is 2.27 bits per heavy atom. The van der Waals surface area contributed by atoms with Crippen LogP contribution in [0.2, 0.25) is 0 Å². The van der Waals surface area contributed by atoms with E-state index in [9.17, 15) is 4.79 Å². The molecule has 0 aromatic heterocycles. The van der Waals surface area contributed by atoms with Crippen molar-refractivity contribution in [3.05, 3.63) is 0 Å². The number of aliphatic hydroxyl groups excluding tert-OH is 1. The fraction of sp³-hybridized carbons (Fsp3) is 0.875. The van der Waals surface area contributed by atoms with E-state index in [0.717, 1.165) is 6.42 Å². The Kier molecular flexibility index (Phi) is 2.62. The van der Waals surface area contributed by atoms with Crippen molar-refractivity contribution in [1.82, 2.24) is 0 Å². The molecule has 1 aliphatic heterocycles. The summed E-state index contributed by atoms with van der Waals surface area (Å²) in [7, 11) is 0. The second-order valence-corrected chi connectivity index (χ2v) is 3.10. The molecule has 64 valence electrons. The van der Waals surface area contributed by atoms with Crippen molar-refractivity contribution in [3.8, 4) is 0 Å². The molecule has 1 fully saturated rings. The van der Waals surface area contributed by atoms with Crippen molar-refractivity contribution in [1.29, 1.82) is 0 Å².